The molecule has 0 saturated carbocycles. The second-order valence-electron chi connectivity index (χ2n) is 6.72. The highest BCUT2D eigenvalue weighted by atomic mass is 16.3. The molecule has 1 heterocycles. The zero-order chi connectivity index (χ0) is 17.3. The van der Waals surface area contributed by atoms with Gasteiger partial charge in [-0.05, 0) is 35.1 Å². The van der Waals surface area contributed by atoms with E-state index in [1.54, 1.807) is 6.07 Å². The van der Waals surface area contributed by atoms with Gasteiger partial charge in [0.05, 0.1) is 0 Å². The molecule has 0 saturated heterocycles. The first-order valence-electron chi connectivity index (χ1n) is 8.40. The molecule has 0 fully saturated rings. The molecule has 2 aromatic carbocycles. The van der Waals surface area contributed by atoms with Gasteiger partial charge in [-0.25, -0.2) is 0 Å². The van der Waals surface area contributed by atoms with E-state index in [9.17, 15) is 4.79 Å². The van der Waals surface area contributed by atoms with Crippen molar-refractivity contribution in [3.8, 4) is 0 Å². The van der Waals surface area contributed by atoms with Crippen LogP contribution in [0.1, 0.15) is 61.2 Å². The van der Waals surface area contributed by atoms with Gasteiger partial charge in [0.25, 0.3) is 5.91 Å². The van der Waals surface area contributed by atoms with Gasteiger partial charge in [-0.15, -0.1) is 0 Å². The highest BCUT2D eigenvalue weighted by Gasteiger charge is 2.18. The van der Waals surface area contributed by atoms with Gasteiger partial charge in [0, 0.05) is 11.1 Å². The summed E-state index contributed by atoms with van der Waals surface area (Å²) >= 11 is 0. The Morgan fingerprint density at radius 3 is 2.12 bits per heavy atom. The summed E-state index contributed by atoms with van der Waals surface area (Å²) in [5.74, 6) is 0.787. The SMILES string of the molecule is CC(C)c1cccc(C(C)C)c1NC(=O)c1cc2ccccc2o1. The van der Waals surface area contributed by atoms with Crippen molar-refractivity contribution < 1.29 is 9.21 Å². The Bertz CT molecular complexity index is 815. The highest BCUT2D eigenvalue weighted by molar-refractivity contribution is 6.05. The van der Waals surface area contributed by atoms with E-state index in [4.69, 9.17) is 4.42 Å². The maximum absolute atomic E-state index is 12.7. The van der Waals surface area contributed by atoms with E-state index in [0.717, 1.165) is 27.8 Å². The Morgan fingerprint density at radius 1 is 0.917 bits per heavy atom. The number of furan rings is 1. The number of hydrogen-bond acceptors (Lipinski definition) is 2. The predicted molar refractivity (Wildman–Crippen MR) is 98.8 cm³/mol. The smallest absolute Gasteiger partial charge is 0.291 e. The number of fused-ring (bicyclic) bond motifs is 1. The Hall–Kier alpha value is -2.55. The molecule has 0 spiro atoms. The number of para-hydroxylation sites is 2. The number of carbonyl (C=O) groups excluding carboxylic acids is 1. The van der Waals surface area contributed by atoms with Crippen molar-refractivity contribution in [1.29, 1.82) is 0 Å². The molecule has 124 valence electrons. The molecule has 0 aliphatic heterocycles. The lowest BCUT2D eigenvalue weighted by Gasteiger charge is -2.19. The van der Waals surface area contributed by atoms with Crippen LogP contribution in [-0.2, 0) is 0 Å². The summed E-state index contributed by atoms with van der Waals surface area (Å²) in [6.07, 6.45) is 0. The maximum Gasteiger partial charge on any atom is 0.291 e. The lowest BCUT2D eigenvalue weighted by molar-refractivity contribution is 0.0998. The van der Waals surface area contributed by atoms with E-state index >= 15 is 0 Å². The summed E-state index contributed by atoms with van der Waals surface area (Å²) in [4.78, 5) is 12.7. The van der Waals surface area contributed by atoms with Crippen LogP contribution >= 0.6 is 0 Å². The van der Waals surface area contributed by atoms with Crippen LogP contribution in [0.5, 0.6) is 0 Å². The number of benzene rings is 2. The van der Waals surface area contributed by atoms with Crippen molar-refractivity contribution in [1.82, 2.24) is 0 Å². The Kier molecular flexibility index (Phi) is 4.43. The molecule has 0 unspecified atom stereocenters. The molecule has 24 heavy (non-hydrogen) atoms. The molecule has 0 aliphatic carbocycles. The summed E-state index contributed by atoms with van der Waals surface area (Å²) in [5.41, 5.74) is 3.92. The van der Waals surface area contributed by atoms with Crippen LogP contribution in [0, 0.1) is 0 Å². The van der Waals surface area contributed by atoms with Crippen molar-refractivity contribution >= 4 is 22.6 Å². The minimum Gasteiger partial charge on any atom is -0.451 e. The first-order valence-corrected chi connectivity index (χ1v) is 8.40. The molecule has 3 heteroatoms. The number of amides is 1. The van der Waals surface area contributed by atoms with Crippen LogP contribution in [0.4, 0.5) is 5.69 Å². The number of anilines is 1. The third kappa shape index (κ3) is 3.07. The van der Waals surface area contributed by atoms with Crippen LogP contribution in [0.15, 0.2) is 52.9 Å². The van der Waals surface area contributed by atoms with Crippen molar-refractivity contribution in [3.05, 3.63) is 65.4 Å². The van der Waals surface area contributed by atoms with Crippen molar-refractivity contribution in [2.75, 3.05) is 5.32 Å². The molecule has 0 aliphatic rings. The topological polar surface area (TPSA) is 42.2 Å². The van der Waals surface area contributed by atoms with Crippen molar-refractivity contribution in [3.63, 3.8) is 0 Å². The highest BCUT2D eigenvalue weighted by Crippen LogP contribution is 2.33. The minimum atomic E-state index is -0.207. The molecule has 0 bridgehead atoms. The van der Waals surface area contributed by atoms with E-state index in [0.29, 0.717) is 17.6 Å². The molecule has 1 N–H and O–H groups in total. The molecule has 3 nitrogen and oxygen atoms in total. The molecular weight excluding hydrogens is 298 g/mol. The van der Waals surface area contributed by atoms with Gasteiger partial charge in [-0.2, -0.15) is 0 Å². The van der Waals surface area contributed by atoms with Crippen LogP contribution in [-0.4, -0.2) is 5.91 Å². The van der Waals surface area contributed by atoms with Crippen LogP contribution in [0.25, 0.3) is 11.0 Å². The number of nitrogens with one attached hydrogen (secondary N) is 1. The molecule has 0 atom stereocenters. The third-order valence-electron chi connectivity index (χ3n) is 4.26. The first kappa shape index (κ1) is 16.3. The van der Waals surface area contributed by atoms with E-state index in [1.165, 1.54) is 0 Å². The third-order valence-corrected chi connectivity index (χ3v) is 4.26. The Morgan fingerprint density at radius 2 is 1.54 bits per heavy atom. The number of hydrogen-bond donors (Lipinski definition) is 1. The summed E-state index contributed by atoms with van der Waals surface area (Å²) in [6.45, 7) is 8.54. The minimum absolute atomic E-state index is 0.207. The largest absolute Gasteiger partial charge is 0.451 e. The summed E-state index contributed by atoms with van der Waals surface area (Å²) in [7, 11) is 0. The second kappa shape index (κ2) is 6.52. The summed E-state index contributed by atoms with van der Waals surface area (Å²) in [5, 5.41) is 4.02. The fourth-order valence-corrected chi connectivity index (χ4v) is 2.96. The van der Waals surface area contributed by atoms with Gasteiger partial charge in [-0.1, -0.05) is 64.1 Å². The maximum atomic E-state index is 12.7. The van der Waals surface area contributed by atoms with Crippen LogP contribution < -0.4 is 5.32 Å². The second-order valence-corrected chi connectivity index (χ2v) is 6.72. The zero-order valence-corrected chi connectivity index (χ0v) is 14.6. The van der Waals surface area contributed by atoms with Gasteiger partial charge in [0.1, 0.15) is 5.58 Å². The molecule has 3 aromatic rings. The zero-order valence-electron chi connectivity index (χ0n) is 14.6. The van der Waals surface area contributed by atoms with Gasteiger partial charge in [0.2, 0.25) is 0 Å². The lowest BCUT2D eigenvalue weighted by Crippen LogP contribution is -2.15. The van der Waals surface area contributed by atoms with E-state index in [2.05, 4.69) is 51.2 Å². The molecule has 0 radical (unpaired) electrons. The van der Waals surface area contributed by atoms with Crippen LogP contribution in [0.3, 0.4) is 0 Å². The van der Waals surface area contributed by atoms with E-state index < -0.39 is 0 Å². The Labute approximate surface area is 142 Å². The Balaban J connectivity index is 1.99. The van der Waals surface area contributed by atoms with Gasteiger partial charge in [0.15, 0.2) is 5.76 Å². The standard InChI is InChI=1S/C21H23NO2/c1-13(2)16-9-7-10-17(14(3)4)20(16)22-21(23)19-12-15-8-5-6-11-18(15)24-19/h5-14H,1-4H3,(H,22,23). The number of rotatable bonds is 4. The molecule has 3 rings (SSSR count). The molecule has 1 aromatic heterocycles. The van der Waals surface area contributed by atoms with E-state index in [-0.39, 0.29) is 5.91 Å². The monoisotopic (exact) mass is 321 g/mol. The van der Waals surface area contributed by atoms with Gasteiger partial charge >= 0.3 is 0 Å². The number of carbonyl (C=O) groups is 1. The summed E-state index contributed by atoms with van der Waals surface area (Å²) < 4.78 is 5.69. The molecule has 1 amide bonds. The average molecular weight is 321 g/mol. The van der Waals surface area contributed by atoms with Crippen molar-refractivity contribution in [2.45, 2.75) is 39.5 Å². The van der Waals surface area contributed by atoms with E-state index in [1.807, 2.05) is 24.3 Å². The quantitative estimate of drug-likeness (QED) is 0.647. The van der Waals surface area contributed by atoms with Gasteiger partial charge in [-0.3, -0.25) is 4.79 Å². The fraction of sp³-hybridized carbons (Fsp3) is 0.286. The lowest BCUT2D eigenvalue weighted by atomic mass is 9.92. The van der Waals surface area contributed by atoms with Gasteiger partial charge < -0.3 is 9.73 Å². The summed E-state index contributed by atoms with van der Waals surface area (Å²) in [6, 6.07) is 15.6. The van der Waals surface area contributed by atoms with Crippen molar-refractivity contribution in [2.24, 2.45) is 0 Å². The van der Waals surface area contributed by atoms with Crippen LogP contribution in [0.2, 0.25) is 0 Å². The first-order chi connectivity index (χ1) is 11.5. The predicted octanol–water partition coefficient (Wildman–Crippen LogP) is 5.93. The average Bonchev–Trinajstić information content (AvgIpc) is 2.98. The molecular formula is C21H23NO2. The normalized spacial score (nSPS) is 11.4. The fourth-order valence-electron chi connectivity index (χ4n) is 2.96.